The number of benzene rings is 3. The second kappa shape index (κ2) is 15.1. The summed E-state index contributed by atoms with van der Waals surface area (Å²) < 4.78 is 47.2. The van der Waals surface area contributed by atoms with E-state index in [1.54, 1.807) is 12.1 Å². The molecule has 0 aliphatic carbocycles. The fraction of sp³-hybridized carbons (Fsp3) is 0.450. The number of nitrogens with zero attached hydrogens (tertiary/aromatic N) is 5. The molecule has 1 aromatic heterocycles. The van der Waals surface area contributed by atoms with Crippen LogP contribution >= 0.6 is 12.6 Å². The largest absolute Gasteiger partial charge is 0.494 e. The molecule has 2 N–H and O–H groups in total. The Bertz CT molecular complexity index is 2110. The van der Waals surface area contributed by atoms with Crippen molar-refractivity contribution < 1.29 is 32.3 Å². The van der Waals surface area contributed by atoms with Crippen LogP contribution in [0.25, 0.3) is 10.9 Å². The molecule has 4 aromatic rings. The molecule has 3 amide bonds. The molecule has 5 heterocycles. The van der Waals surface area contributed by atoms with E-state index >= 15 is 0 Å². The van der Waals surface area contributed by atoms with Crippen molar-refractivity contribution in [3.63, 3.8) is 0 Å². The minimum absolute atomic E-state index is 0.0992. The Kier molecular flexibility index (Phi) is 10.3. The van der Waals surface area contributed by atoms with E-state index in [0.29, 0.717) is 42.3 Å². The van der Waals surface area contributed by atoms with Crippen molar-refractivity contribution in [2.45, 2.75) is 68.7 Å². The number of nitrogens with one attached hydrogen (secondary N) is 2. The van der Waals surface area contributed by atoms with Crippen LogP contribution in [0.3, 0.4) is 0 Å². The third kappa shape index (κ3) is 7.79. The number of ether oxygens (including phenoxy) is 1. The molecule has 3 saturated heterocycles. The van der Waals surface area contributed by atoms with Gasteiger partial charge in [0.25, 0.3) is 5.91 Å². The van der Waals surface area contributed by atoms with Gasteiger partial charge in [-0.1, -0.05) is 12.1 Å². The molecule has 0 saturated carbocycles. The summed E-state index contributed by atoms with van der Waals surface area (Å²) in [5, 5.41) is 10.7. The number of hydrogen-bond donors (Lipinski definition) is 3. The maximum atomic E-state index is 13.2. The van der Waals surface area contributed by atoms with Gasteiger partial charge in [0.15, 0.2) is 0 Å². The summed E-state index contributed by atoms with van der Waals surface area (Å²) in [6, 6.07) is 14.3. The number of aromatic nitrogens is 2. The highest BCUT2D eigenvalue weighted by Crippen LogP contribution is 2.41. The summed E-state index contributed by atoms with van der Waals surface area (Å²) in [5.41, 5.74) is 3.61. The van der Waals surface area contributed by atoms with Gasteiger partial charge in [-0.05, 0) is 85.5 Å². The third-order valence-corrected chi connectivity index (χ3v) is 12.2. The predicted molar refractivity (Wildman–Crippen MR) is 205 cm³/mol. The number of amides is 3. The normalized spacial score (nSPS) is 21.9. The molecule has 8 rings (SSSR count). The Morgan fingerprint density at radius 2 is 1.78 bits per heavy atom. The molecule has 4 aliphatic heterocycles. The van der Waals surface area contributed by atoms with Gasteiger partial charge in [0.1, 0.15) is 5.75 Å². The zero-order valence-corrected chi connectivity index (χ0v) is 31.4. The maximum Gasteiger partial charge on any atom is 0.416 e. The fourth-order valence-corrected chi connectivity index (χ4v) is 9.07. The predicted octanol–water partition coefficient (Wildman–Crippen LogP) is 6.42. The second-order valence-corrected chi connectivity index (χ2v) is 15.6. The number of carbonyl (C=O) groups is 3. The number of halogens is 3. The lowest BCUT2D eigenvalue weighted by Gasteiger charge is -2.38. The van der Waals surface area contributed by atoms with E-state index < -0.39 is 17.6 Å². The van der Waals surface area contributed by atoms with E-state index in [1.165, 1.54) is 30.5 Å². The number of thiol groups is 1. The van der Waals surface area contributed by atoms with Gasteiger partial charge in [0, 0.05) is 74.6 Å². The molecule has 2 unspecified atom stereocenters. The number of alkyl halides is 3. The van der Waals surface area contributed by atoms with Gasteiger partial charge in [0.05, 0.1) is 41.3 Å². The van der Waals surface area contributed by atoms with Crippen molar-refractivity contribution in [2.75, 3.05) is 50.1 Å². The number of methoxy groups -OCH3 is 1. The van der Waals surface area contributed by atoms with Crippen LogP contribution in [0.15, 0.2) is 60.8 Å². The summed E-state index contributed by atoms with van der Waals surface area (Å²) in [6.45, 7) is 5.65. The molecule has 2 atom stereocenters. The van der Waals surface area contributed by atoms with E-state index in [4.69, 9.17) is 22.5 Å². The van der Waals surface area contributed by atoms with Crippen LogP contribution in [0, 0.1) is 5.92 Å². The minimum Gasteiger partial charge on any atom is -0.494 e. The van der Waals surface area contributed by atoms with Crippen LogP contribution in [-0.2, 0) is 22.3 Å². The highest BCUT2D eigenvalue weighted by molar-refractivity contribution is 7.80. The van der Waals surface area contributed by atoms with Crippen molar-refractivity contribution >= 4 is 52.6 Å². The molecular weight excluding hydrogens is 732 g/mol. The van der Waals surface area contributed by atoms with Gasteiger partial charge < -0.3 is 19.9 Å². The number of likely N-dealkylation sites (tertiary alicyclic amines) is 1. The third-order valence-electron chi connectivity index (χ3n) is 11.7. The van der Waals surface area contributed by atoms with E-state index in [2.05, 4.69) is 43.5 Å². The molecule has 15 heteroatoms. The van der Waals surface area contributed by atoms with Gasteiger partial charge in [-0.15, -0.1) is 0 Å². The van der Waals surface area contributed by atoms with Crippen LogP contribution < -0.4 is 20.3 Å². The number of fused-ring (bicyclic) bond motifs is 2. The Hall–Kier alpha value is -4.60. The van der Waals surface area contributed by atoms with E-state index in [0.717, 1.165) is 81.5 Å². The fourth-order valence-electron chi connectivity index (χ4n) is 8.58. The number of hydrogen-bond acceptors (Lipinski definition) is 9. The number of carbonyl (C=O) groups excluding carboxylic acids is 3. The van der Waals surface area contributed by atoms with Crippen LogP contribution in [0.4, 0.5) is 24.5 Å². The monoisotopic (exact) mass is 775 g/mol. The molecule has 55 heavy (non-hydrogen) atoms. The van der Waals surface area contributed by atoms with Crippen molar-refractivity contribution in [3.05, 3.63) is 83.0 Å². The highest BCUT2D eigenvalue weighted by atomic mass is 32.1. The lowest BCUT2D eigenvalue weighted by Crippen LogP contribution is -2.51. The summed E-state index contributed by atoms with van der Waals surface area (Å²) in [4.78, 5) is 44.3. The van der Waals surface area contributed by atoms with Crippen LogP contribution in [0.1, 0.15) is 77.0 Å². The minimum atomic E-state index is -4.55. The van der Waals surface area contributed by atoms with Crippen LogP contribution in [-0.4, -0.2) is 83.2 Å². The quantitative estimate of drug-likeness (QED) is 0.139. The number of imide groups is 1. The second-order valence-electron chi connectivity index (χ2n) is 15.1. The lowest BCUT2D eigenvalue weighted by molar-refractivity contribution is -0.138. The van der Waals surface area contributed by atoms with Gasteiger partial charge in [0.2, 0.25) is 11.8 Å². The topological polar surface area (TPSA) is 112 Å². The van der Waals surface area contributed by atoms with Crippen molar-refractivity contribution in [1.29, 1.82) is 0 Å². The molecule has 3 fully saturated rings. The van der Waals surface area contributed by atoms with Crippen molar-refractivity contribution in [1.82, 2.24) is 24.9 Å². The molecule has 0 bridgehead atoms. The van der Waals surface area contributed by atoms with E-state index in [9.17, 15) is 27.6 Å². The first kappa shape index (κ1) is 37.3. The summed E-state index contributed by atoms with van der Waals surface area (Å²) in [7, 11) is 1.47. The molecule has 11 nitrogen and oxygen atoms in total. The molecule has 3 aromatic carbocycles. The first-order valence-corrected chi connectivity index (χ1v) is 19.4. The Balaban J connectivity index is 0.832. The molecule has 0 radical (unpaired) electrons. The zero-order chi connectivity index (χ0) is 38.4. The standard InChI is InChI=1S/C40H44F3N7O4S/c1-54-35-20-32-27(19-33(35)44-37(52)25-3-2-4-28(17-25)40(41,42)43)23-50(46-32)29-11-13-47(14-12-29)21-24-9-15-48(16-10-24)30-5-6-31-26(18-30)22-49(39(31)55)34-7-8-36(51)45-38(34)53/h2-6,17-20,23-24,29,34,39,55H,7-16,21-22H2,1H3,(H,44,52)(H,45,51,53). The zero-order valence-electron chi connectivity index (χ0n) is 30.5. The average Bonchev–Trinajstić information content (AvgIpc) is 3.74. The highest BCUT2D eigenvalue weighted by Gasteiger charge is 2.39. The van der Waals surface area contributed by atoms with Crippen molar-refractivity contribution in [2.24, 2.45) is 5.92 Å². The summed E-state index contributed by atoms with van der Waals surface area (Å²) >= 11 is 4.85. The summed E-state index contributed by atoms with van der Waals surface area (Å²) in [6.07, 6.45) is 2.44. The first-order chi connectivity index (χ1) is 26.4. The lowest BCUT2D eigenvalue weighted by atomic mass is 9.94. The molecule has 4 aliphatic rings. The number of anilines is 2. The summed E-state index contributed by atoms with van der Waals surface area (Å²) in [5.74, 6) is -0.106. The number of piperidine rings is 3. The smallest absolute Gasteiger partial charge is 0.416 e. The Labute approximate surface area is 322 Å². The average molecular weight is 776 g/mol. The van der Waals surface area contributed by atoms with Gasteiger partial charge in [-0.25, -0.2) is 0 Å². The van der Waals surface area contributed by atoms with Crippen LogP contribution in [0.2, 0.25) is 0 Å². The van der Waals surface area contributed by atoms with E-state index in [1.807, 2.05) is 10.9 Å². The Morgan fingerprint density at radius 1 is 1.00 bits per heavy atom. The Morgan fingerprint density at radius 3 is 2.51 bits per heavy atom. The first-order valence-electron chi connectivity index (χ1n) is 18.9. The molecule has 290 valence electrons. The molecular formula is C40H44F3N7O4S. The maximum absolute atomic E-state index is 13.2. The van der Waals surface area contributed by atoms with E-state index in [-0.39, 0.29) is 34.8 Å². The van der Waals surface area contributed by atoms with Gasteiger partial charge >= 0.3 is 6.18 Å². The number of rotatable bonds is 8. The van der Waals surface area contributed by atoms with Crippen LogP contribution in [0.5, 0.6) is 5.75 Å². The van der Waals surface area contributed by atoms with Crippen molar-refractivity contribution in [3.8, 4) is 5.75 Å². The van der Waals surface area contributed by atoms with Gasteiger partial charge in [-0.2, -0.15) is 30.9 Å². The SMILES string of the molecule is COc1cc2nn(C3CCN(CC4CCN(c5ccc6c(c5)CN(C5CCC(=O)NC5=O)C6S)CC4)CC3)cc2cc1NC(=O)c1cccc(C(F)(F)F)c1. The van der Waals surface area contributed by atoms with Gasteiger partial charge in [-0.3, -0.25) is 29.3 Å². The molecule has 0 spiro atoms.